The maximum atomic E-state index is 12.2. The Kier molecular flexibility index (Phi) is 5.79. The SMILES string of the molecule is CCC[C@H](NS(=O)(=O)c1ccc(Cl)cc1OC)C(=O)O. The molecule has 0 spiro atoms. The molecule has 0 aromatic heterocycles. The van der Waals surface area contributed by atoms with Crippen LogP contribution in [-0.4, -0.2) is 32.6 Å². The van der Waals surface area contributed by atoms with Crippen molar-refractivity contribution in [1.82, 2.24) is 4.72 Å². The number of carboxylic acids is 1. The number of aliphatic carboxylic acids is 1. The number of hydrogen-bond donors (Lipinski definition) is 2. The lowest BCUT2D eigenvalue weighted by Gasteiger charge is -2.15. The van der Waals surface area contributed by atoms with Crippen LogP contribution < -0.4 is 9.46 Å². The summed E-state index contributed by atoms with van der Waals surface area (Å²) in [6, 6.07) is 2.85. The molecule has 0 amide bonds. The van der Waals surface area contributed by atoms with Crippen LogP contribution in [0.1, 0.15) is 19.8 Å². The van der Waals surface area contributed by atoms with E-state index >= 15 is 0 Å². The molecule has 6 nitrogen and oxygen atoms in total. The molecule has 0 fully saturated rings. The van der Waals surface area contributed by atoms with Gasteiger partial charge in [0.1, 0.15) is 16.7 Å². The number of halogens is 1. The number of benzene rings is 1. The third-order valence-electron chi connectivity index (χ3n) is 2.59. The van der Waals surface area contributed by atoms with Crippen molar-refractivity contribution in [1.29, 1.82) is 0 Å². The van der Waals surface area contributed by atoms with Crippen molar-refractivity contribution >= 4 is 27.6 Å². The first kappa shape index (κ1) is 16.7. The zero-order valence-electron chi connectivity index (χ0n) is 11.1. The number of ether oxygens (including phenoxy) is 1. The van der Waals surface area contributed by atoms with Gasteiger partial charge >= 0.3 is 5.97 Å². The highest BCUT2D eigenvalue weighted by molar-refractivity contribution is 7.89. The van der Waals surface area contributed by atoms with Crippen molar-refractivity contribution in [3.05, 3.63) is 23.2 Å². The summed E-state index contributed by atoms with van der Waals surface area (Å²) in [6.07, 6.45) is 0.738. The minimum absolute atomic E-state index is 0.0608. The number of rotatable bonds is 7. The van der Waals surface area contributed by atoms with Crippen LogP contribution in [0.4, 0.5) is 0 Å². The smallest absolute Gasteiger partial charge is 0.321 e. The molecule has 0 unspecified atom stereocenters. The standard InChI is InChI=1S/C12H16ClNO5S/c1-3-4-9(12(15)16)14-20(17,18)11-6-5-8(13)7-10(11)19-2/h5-7,9,14H,3-4H2,1-2H3,(H,15,16)/t9-/m0/s1. The fourth-order valence-corrected chi connectivity index (χ4v) is 3.17. The van der Waals surface area contributed by atoms with Crippen LogP contribution >= 0.6 is 11.6 Å². The third-order valence-corrected chi connectivity index (χ3v) is 4.33. The molecule has 0 aliphatic heterocycles. The molecule has 1 atom stereocenters. The molecule has 0 aliphatic rings. The molecule has 0 bridgehead atoms. The van der Waals surface area contributed by atoms with Gasteiger partial charge in [-0.3, -0.25) is 4.79 Å². The van der Waals surface area contributed by atoms with Crippen LogP contribution in [-0.2, 0) is 14.8 Å². The highest BCUT2D eigenvalue weighted by atomic mass is 35.5. The van der Waals surface area contributed by atoms with Crippen molar-refractivity contribution in [2.75, 3.05) is 7.11 Å². The second kappa shape index (κ2) is 6.92. The predicted octanol–water partition coefficient (Wildman–Crippen LogP) is 1.88. The number of methoxy groups -OCH3 is 1. The van der Waals surface area contributed by atoms with E-state index in [0.29, 0.717) is 11.4 Å². The van der Waals surface area contributed by atoms with Crippen molar-refractivity contribution < 1.29 is 23.1 Å². The minimum atomic E-state index is -4.00. The van der Waals surface area contributed by atoms with Gasteiger partial charge in [0.2, 0.25) is 10.0 Å². The highest BCUT2D eigenvalue weighted by Gasteiger charge is 2.27. The molecule has 1 aromatic carbocycles. The fraction of sp³-hybridized carbons (Fsp3) is 0.417. The number of hydrogen-bond acceptors (Lipinski definition) is 4. The van der Waals surface area contributed by atoms with Gasteiger partial charge in [0.15, 0.2) is 0 Å². The van der Waals surface area contributed by atoms with Gasteiger partial charge in [-0.1, -0.05) is 24.9 Å². The number of carbonyl (C=O) groups is 1. The molecular formula is C12H16ClNO5S. The van der Waals surface area contributed by atoms with Crippen molar-refractivity contribution in [2.45, 2.75) is 30.7 Å². The maximum Gasteiger partial charge on any atom is 0.321 e. The summed E-state index contributed by atoms with van der Waals surface area (Å²) in [5.74, 6) is -1.16. The Labute approximate surface area is 122 Å². The van der Waals surface area contributed by atoms with Crippen LogP contribution in [0.3, 0.4) is 0 Å². The molecule has 2 N–H and O–H groups in total. The summed E-state index contributed by atoms with van der Waals surface area (Å²) in [4.78, 5) is 10.9. The van der Waals surface area contributed by atoms with E-state index in [1.807, 2.05) is 0 Å². The quantitative estimate of drug-likeness (QED) is 0.800. The minimum Gasteiger partial charge on any atom is -0.495 e. The van der Waals surface area contributed by atoms with Crippen LogP contribution in [0.25, 0.3) is 0 Å². The number of sulfonamides is 1. The Balaban J connectivity index is 3.13. The molecule has 0 radical (unpaired) electrons. The van der Waals surface area contributed by atoms with Gasteiger partial charge in [-0.25, -0.2) is 8.42 Å². The van der Waals surface area contributed by atoms with Crippen molar-refractivity contribution in [3.8, 4) is 5.75 Å². The Hall–Kier alpha value is -1.31. The first-order valence-corrected chi connectivity index (χ1v) is 7.76. The summed E-state index contributed by atoms with van der Waals surface area (Å²) in [5, 5.41) is 9.33. The molecule has 0 heterocycles. The van der Waals surface area contributed by atoms with Gasteiger partial charge < -0.3 is 9.84 Å². The largest absolute Gasteiger partial charge is 0.495 e. The Morgan fingerprint density at radius 3 is 2.65 bits per heavy atom. The number of carboxylic acid groups (broad SMARTS) is 1. The van der Waals surface area contributed by atoms with Crippen LogP contribution in [0.5, 0.6) is 5.75 Å². The van der Waals surface area contributed by atoms with Gasteiger partial charge in [-0.15, -0.1) is 0 Å². The molecule has 20 heavy (non-hydrogen) atoms. The van der Waals surface area contributed by atoms with E-state index in [1.54, 1.807) is 6.92 Å². The Bertz CT molecular complexity index is 588. The molecule has 0 saturated heterocycles. The summed E-state index contributed by atoms with van der Waals surface area (Å²) in [6.45, 7) is 1.77. The van der Waals surface area contributed by atoms with Gasteiger partial charge in [0.05, 0.1) is 7.11 Å². The summed E-state index contributed by atoms with van der Waals surface area (Å²) >= 11 is 5.76. The average Bonchev–Trinajstić information content (AvgIpc) is 2.37. The van der Waals surface area contributed by atoms with Crippen LogP contribution in [0.15, 0.2) is 23.1 Å². The van der Waals surface area contributed by atoms with Gasteiger partial charge in [-0.05, 0) is 18.6 Å². The molecular weight excluding hydrogens is 306 g/mol. The topological polar surface area (TPSA) is 92.7 Å². The lowest BCUT2D eigenvalue weighted by molar-refractivity contribution is -0.139. The Morgan fingerprint density at radius 2 is 2.15 bits per heavy atom. The van der Waals surface area contributed by atoms with E-state index in [1.165, 1.54) is 25.3 Å². The third kappa shape index (κ3) is 4.09. The zero-order chi connectivity index (χ0) is 15.3. The van der Waals surface area contributed by atoms with Crippen LogP contribution in [0.2, 0.25) is 5.02 Å². The normalized spacial score (nSPS) is 12.9. The molecule has 1 rings (SSSR count). The van der Waals surface area contributed by atoms with E-state index in [4.69, 9.17) is 21.4 Å². The predicted molar refractivity (Wildman–Crippen MR) is 74.7 cm³/mol. The number of nitrogens with one attached hydrogen (secondary N) is 1. The zero-order valence-corrected chi connectivity index (χ0v) is 12.7. The lowest BCUT2D eigenvalue weighted by Crippen LogP contribution is -2.40. The summed E-state index contributed by atoms with van der Waals surface area (Å²) < 4.78 is 31.5. The van der Waals surface area contributed by atoms with E-state index in [0.717, 1.165) is 0 Å². The molecule has 1 aromatic rings. The van der Waals surface area contributed by atoms with Crippen molar-refractivity contribution in [2.24, 2.45) is 0 Å². The van der Waals surface area contributed by atoms with Gasteiger partial charge in [0, 0.05) is 11.1 Å². The summed E-state index contributed by atoms with van der Waals surface area (Å²) in [5.41, 5.74) is 0. The van der Waals surface area contributed by atoms with E-state index in [9.17, 15) is 13.2 Å². The average molecular weight is 322 g/mol. The lowest BCUT2D eigenvalue weighted by atomic mass is 10.2. The second-order valence-corrected chi connectivity index (χ2v) is 6.21. The molecule has 112 valence electrons. The van der Waals surface area contributed by atoms with Gasteiger partial charge in [0.25, 0.3) is 0 Å². The van der Waals surface area contributed by atoms with E-state index in [-0.39, 0.29) is 17.1 Å². The Morgan fingerprint density at radius 1 is 1.50 bits per heavy atom. The van der Waals surface area contributed by atoms with Crippen LogP contribution in [0, 0.1) is 0 Å². The second-order valence-electron chi connectivity index (χ2n) is 4.10. The molecule has 0 aliphatic carbocycles. The van der Waals surface area contributed by atoms with Gasteiger partial charge in [-0.2, -0.15) is 4.72 Å². The summed E-state index contributed by atoms with van der Waals surface area (Å²) in [7, 11) is -2.69. The first-order valence-electron chi connectivity index (χ1n) is 5.90. The van der Waals surface area contributed by atoms with E-state index < -0.39 is 22.0 Å². The fourth-order valence-electron chi connectivity index (χ4n) is 1.64. The maximum absolute atomic E-state index is 12.2. The first-order chi connectivity index (χ1) is 9.31. The van der Waals surface area contributed by atoms with Crippen molar-refractivity contribution in [3.63, 3.8) is 0 Å². The molecule has 8 heteroatoms. The highest BCUT2D eigenvalue weighted by Crippen LogP contribution is 2.27. The molecule has 0 saturated carbocycles. The van der Waals surface area contributed by atoms with E-state index in [2.05, 4.69) is 4.72 Å². The monoisotopic (exact) mass is 321 g/mol.